The molecular formula is C13H14BrN3O. The molecule has 3 heterocycles. The number of anilines is 1. The van der Waals surface area contributed by atoms with E-state index in [1.54, 1.807) is 6.20 Å². The van der Waals surface area contributed by atoms with Crippen molar-refractivity contribution in [3.8, 4) is 0 Å². The highest BCUT2D eigenvalue weighted by Crippen LogP contribution is 2.24. The Hall–Kier alpha value is -1.20. The zero-order valence-corrected chi connectivity index (χ0v) is 11.5. The molecule has 18 heavy (non-hydrogen) atoms. The zero-order chi connectivity index (χ0) is 12.4. The van der Waals surface area contributed by atoms with Crippen LogP contribution in [0.4, 0.5) is 5.69 Å². The summed E-state index contributed by atoms with van der Waals surface area (Å²) in [6.07, 6.45) is 5.71. The average molecular weight is 308 g/mol. The molecule has 3 rings (SSSR count). The van der Waals surface area contributed by atoms with Crippen LogP contribution in [0.1, 0.15) is 12.8 Å². The van der Waals surface area contributed by atoms with Gasteiger partial charge in [-0.1, -0.05) is 0 Å². The molecule has 0 unspecified atom stereocenters. The predicted molar refractivity (Wildman–Crippen MR) is 74.7 cm³/mol. The summed E-state index contributed by atoms with van der Waals surface area (Å²) in [6, 6.07) is 4.44. The second-order valence-electron chi connectivity index (χ2n) is 4.41. The van der Waals surface area contributed by atoms with Crippen molar-refractivity contribution < 1.29 is 4.74 Å². The molecule has 4 nitrogen and oxygen atoms in total. The average Bonchev–Trinajstić information content (AvgIpc) is 2.40. The van der Waals surface area contributed by atoms with E-state index >= 15 is 0 Å². The van der Waals surface area contributed by atoms with Crippen molar-refractivity contribution in [1.82, 2.24) is 9.97 Å². The molecule has 5 heteroatoms. The number of rotatable bonds is 2. The minimum Gasteiger partial charge on any atom is -0.381 e. The van der Waals surface area contributed by atoms with Gasteiger partial charge in [-0.25, -0.2) is 0 Å². The summed E-state index contributed by atoms with van der Waals surface area (Å²) < 4.78 is 6.32. The summed E-state index contributed by atoms with van der Waals surface area (Å²) in [5.41, 5.74) is 2.88. The first kappa shape index (κ1) is 11.9. The van der Waals surface area contributed by atoms with E-state index in [2.05, 4.69) is 31.2 Å². The Kier molecular flexibility index (Phi) is 3.43. The number of nitrogens with one attached hydrogen (secondary N) is 1. The standard InChI is InChI=1S/C13H14BrN3O/c14-9-7-12-13(16-8-9)11(1-4-15-12)17-10-2-5-18-6-3-10/h1,4,7-8,10H,2-3,5-6H2,(H,15,17). The first-order valence-corrected chi connectivity index (χ1v) is 6.87. The maximum absolute atomic E-state index is 5.37. The number of hydrogen-bond acceptors (Lipinski definition) is 4. The molecule has 0 atom stereocenters. The van der Waals surface area contributed by atoms with Gasteiger partial charge in [-0.2, -0.15) is 0 Å². The van der Waals surface area contributed by atoms with Crippen LogP contribution in [0.2, 0.25) is 0 Å². The van der Waals surface area contributed by atoms with Gasteiger partial charge in [-0.15, -0.1) is 0 Å². The van der Waals surface area contributed by atoms with Crippen LogP contribution in [0.15, 0.2) is 29.0 Å². The summed E-state index contributed by atoms with van der Waals surface area (Å²) in [6.45, 7) is 1.67. The van der Waals surface area contributed by atoms with Gasteiger partial charge < -0.3 is 10.1 Å². The number of pyridine rings is 2. The lowest BCUT2D eigenvalue weighted by Crippen LogP contribution is -2.27. The normalized spacial score (nSPS) is 16.9. The van der Waals surface area contributed by atoms with Gasteiger partial charge in [0, 0.05) is 36.1 Å². The highest BCUT2D eigenvalue weighted by Gasteiger charge is 2.14. The van der Waals surface area contributed by atoms with E-state index in [9.17, 15) is 0 Å². The predicted octanol–water partition coefficient (Wildman–Crippen LogP) is 2.98. The lowest BCUT2D eigenvalue weighted by Gasteiger charge is -2.24. The SMILES string of the molecule is Brc1cnc2c(NC3CCOCC3)ccnc2c1. The van der Waals surface area contributed by atoms with Crippen LogP contribution in [0.25, 0.3) is 11.0 Å². The van der Waals surface area contributed by atoms with Gasteiger partial charge in [0.2, 0.25) is 0 Å². The van der Waals surface area contributed by atoms with Gasteiger partial charge in [-0.3, -0.25) is 9.97 Å². The molecule has 0 bridgehead atoms. The summed E-state index contributed by atoms with van der Waals surface area (Å²) in [5.74, 6) is 0. The fourth-order valence-corrected chi connectivity index (χ4v) is 2.50. The van der Waals surface area contributed by atoms with E-state index in [-0.39, 0.29) is 0 Å². The van der Waals surface area contributed by atoms with Crippen LogP contribution < -0.4 is 5.32 Å². The molecule has 0 saturated carbocycles. The maximum Gasteiger partial charge on any atom is 0.112 e. The third-order valence-electron chi connectivity index (χ3n) is 3.13. The quantitative estimate of drug-likeness (QED) is 0.926. The van der Waals surface area contributed by atoms with Crippen molar-refractivity contribution in [2.24, 2.45) is 0 Å². The Labute approximate surface area is 114 Å². The number of halogens is 1. The molecule has 1 aliphatic heterocycles. The highest BCUT2D eigenvalue weighted by molar-refractivity contribution is 9.10. The molecule has 0 spiro atoms. The molecule has 0 aliphatic carbocycles. The molecule has 1 aliphatic rings. The van der Waals surface area contributed by atoms with Crippen molar-refractivity contribution >= 4 is 32.7 Å². The summed E-state index contributed by atoms with van der Waals surface area (Å²) in [4.78, 5) is 8.78. The molecule has 2 aromatic heterocycles. The van der Waals surface area contributed by atoms with E-state index in [1.807, 2.05) is 18.3 Å². The fraction of sp³-hybridized carbons (Fsp3) is 0.385. The van der Waals surface area contributed by atoms with Crippen molar-refractivity contribution in [1.29, 1.82) is 0 Å². The van der Waals surface area contributed by atoms with Crippen LogP contribution in [0.3, 0.4) is 0 Å². The highest BCUT2D eigenvalue weighted by atomic mass is 79.9. The first-order valence-electron chi connectivity index (χ1n) is 6.07. The zero-order valence-electron chi connectivity index (χ0n) is 9.90. The minimum absolute atomic E-state index is 0.467. The van der Waals surface area contributed by atoms with E-state index in [0.717, 1.165) is 47.2 Å². The van der Waals surface area contributed by atoms with E-state index in [0.29, 0.717) is 6.04 Å². The van der Waals surface area contributed by atoms with Crippen LogP contribution >= 0.6 is 15.9 Å². The van der Waals surface area contributed by atoms with Gasteiger partial charge in [0.15, 0.2) is 0 Å². The van der Waals surface area contributed by atoms with E-state index < -0.39 is 0 Å². The molecular weight excluding hydrogens is 294 g/mol. The monoisotopic (exact) mass is 307 g/mol. The first-order chi connectivity index (χ1) is 8.83. The van der Waals surface area contributed by atoms with Crippen LogP contribution in [0.5, 0.6) is 0 Å². The lowest BCUT2D eigenvalue weighted by molar-refractivity contribution is 0.0905. The summed E-state index contributed by atoms with van der Waals surface area (Å²) in [7, 11) is 0. The lowest BCUT2D eigenvalue weighted by atomic mass is 10.1. The summed E-state index contributed by atoms with van der Waals surface area (Å²) in [5, 5.41) is 3.55. The van der Waals surface area contributed by atoms with Crippen LogP contribution in [-0.2, 0) is 4.74 Å². The minimum atomic E-state index is 0.467. The van der Waals surface area contributed by atoms with Gasteiger partial charge in [-0.05, 0) is 40.9 Å². The molecule has 1 saturated heterocycles. The largest absolute Gasteiger partial charge is 0.381 e. The molecule has 0 amide bonds. The third-order valence-corrected chi connectivity index (χ3v) is 3.56. The molecule has 0 aromatic carbocycles. The number of hydrogen-bond donors (Lipinski definition) is 1. The topological polar surface area (TPSA) is 47.0 Å². The number of fused-ring (bicyclic) bond motifs is 1. The van der Waals surface area contributed by atoms with Gasteiger partial charge in [0.05, 0.1) is 11.2 Å². The van der Waals surface area contributed by atoms with E-state index in [4.69, 9.17) is 4.74 Å². The summed E-state index contributed by atoms with van der Waals surface area (Å²) >= 11 is 3.42. The van der Waals surface area contributed by atoms with Gasteiger partial charge in [0.25, 0.3) is 0 Å². The number of ether oxygens (including phenoxy) is 1. The van der Waals surface area contributed by atoms with Crippen molar-refractivity contribution in [2.45, 2.75) is 18.9 Å². The smallest absolute Gasteiger partial charge is 0.112 e. The van der Waals surface area contributed by atoms with Gasteiger partial charge >= 0.3 is 0 Å². The van der Waals surface area contributed by atoms with Crippen molar-refractivity contribution in [3.05, 3.63) is 29.0 Å². The second-order valence-corrected chi connectivity index (χ2v) is 5.33. The molecule has 1 fully saturated rings. The van der Waals surface area contributed by atoms with Crippen LogP contribution in [0, 0.1) is 0 Å². The second kappa shape index (κ2) is 5.20. The number of nitrogens with zero attached hydrogens (tertiary/aromatic N) is 2. The Morgan fingerprint density at radius 3 is 2.94 bits per heavy atom. The Balaban J connectivity index is 1.91. The number of aromatic nitrogens is 2. The maximum atomic E-state index is 5.37. The van der Waals surface area contributed by atoms with Crippen molar-refractivity contribution in [2.75, 3.05) is 18.5 Å². The Morgan fingerprint density at radius 1 is 1.28 bits per heavy atom. The Bertz CT molecular complexity index is 555. The molecule has 2 aromatic rings. The molecule has 1 N–H and O–H groups in total. The van der Waals surface area contributed by atoms with Gasteiger partial charge in [0.1, 0.15) is 5.52 Å². The van der Waals surface area contributed by atoms with Crippen molar-refractivity contribution in [3.63, 3.8) is 0 Å². The molecule has 0 radical (unpaired) electrons. The molecule has 94 valence electrons. The van der Waals surface area contributed by atoms with E-state index in [1.165, 1.54) is 0 Å². The third kappa shape index (κ3) is 2.47. The van der Waals surface area contributed by atoms with Crippen LogP contribution in [-0.4, -0.2) is 29.2 Å². The Morgan fingerprint density at radius 2 is 2.11 bits per heavy atom. The fourth-order valence-electron chi connectivity index (χ4n) is 2.18.